The molecule has 1 aromatic heterocycles. The van der Waals surface area contributed by atoms with Gasteiger partial charge in [0.05, 0.1) is 25.4 Å². The molecule has 3 rings (SSSR count). The van der Waals surface area contributed by atoms with Gasteiger partial charge in [-0.25, -0.2) is 14.2 Å². The van der Waals surface area contributed by atoms with Crippen LogP contribution in [0.2, 0.25) is 0 Å². The Labute approximate surface area is 141 Å². The van der Waals surface area contributed by atoms with Crippen molar-refractivity contribution in [2.24, 2.45) is 0 Å². The van der Waals surface area contributed by atoms with Gasteiger partial charge in [0.2, 0.25) is 0 Å². The minimum Gasteiger partial charge on any atom is -0.493 e. The second-order valence-electron chi connectivity index (χ2n) is 4.88. The Morgan fingerprint density at radius 1 is 1.04 bits per heavy atom. The van der Waals surface area contributed by atoms with Crippen molar-refractivity contribution in [2.75, 3.05) is 18.9 Å². The van der Waals surface area contributed by atoms with Gasteiger partial charge in [0.25, 0.3) is 11.3 Å². The largest absolute Gasteiger partial charge is 0.493 e. The van der Waals surface area contributed by atoms with Crippen LogP contribution in [-0.2, 0) is 11.3 Å². The first-order chi connectivity index (χ1) is 11.6. The third-order valence-electron chi connectivity index (χ3n) is 3.50. The Morgan fingerprint density at radius 3 is 2.33 bits per heavy atom. The fraction of sp³-hybridized carbons (Fsp3) is 0.125. The molecule has 124 valence electrons. The fourth-order valence-corrected chi connectivity index (χ4v) is 2.75. The number of nitrogens with one attached hydrogen (secondary N) is 1. The lowest BCUT2D eigenvalue weighted by Crippen LogP contribution is -2.01. The van der Waals surface area contributed by atoms with E-state index in [2.05, 4.69) is 14.7 Å². The Hall–Kier alpha value is -2.71. The second-order valence-corrected chi connectivity index (χ2v) is 5.58. The molecule has 0 aliphatic rings. The molecule has 8 heteroatoms. The van der Waals surface area contributed by atoms with Gasteiger partial charge in [-0.2, -0.15) is 0 Å². The average Bonchev–Trinajstić information content (AvgIpc) is 2.60. The first kappa shape index (κ1) is 16.2. The van der Waals surface area contributed by atoms with Crippen LogP contribution in [0.1, 0.15) is 0 Å². The average molecular weight is 345 g/mol. The quantitative estimate of drug-likeness (QED) is 0.691. The second kappa shape index (κ2) is 6.81. The van der Waals surface area contributed by atoms with Crippen molar-refractivity contribution in [3.05, 3.63) is 42.7 Å². The maximum absolute atomic E-state index is 10.8. The lowest BCUT2D eigenvalue weighted by molar-refractivity contribution is 0.356. The van der Waals surface area contributed by atoms with Gasteiger partial charge in [-0.3, -0.25) is 9.27 Å². The Kier molecular flexibility index (Phi) is 4.59. The summed E-state index contributed by atoms with van der Waals surface area (Å²) in [5.41, 5.74) is 2.86. The number of methoxy groups -OCH3 is 2. The molecular weight excluding hydrogens is 330 g/mol. The summed E-state index contributed by atoms with van der Waals surface area (Å²) in [7, 11) is 3.14. The molecule has 2 aromatic carbocycles. The van der Waals surface area contributed by atoms with Crippen LogP contribution in [0.15, 0.2) is 42.7 Å². The molecule has 0 bridgehead atoms. The van der Waals surface area contributed by atoms with E-state index in [0.717, 1.165) is 22.2 Å². The van der Waals surface area contributed by atoms with E-state index >= 15 is 0 Å². The molecule has 0 saturated heterocycles. The zero-order valence-electron chi connectivity index (χ0n) is 13.0. The Bertz CT molecular complexity index is 900. The van der Waals surface area contributed by atoms with Crippen LogP contribution < -0.4 is 14.2 Å². The maximum atomic E-state index is 10.8. The van der Waals surface area contributed by atoms with Crippen molar-refractivity contribution < 1.29 is 18.2 Å². The predicted molar refractivity (Wildman–Crippen MR) is 92.5 cm³/mol. The van der Waals surface area contributed by atoms with E-state index in [4.69, 9.17) is 14.0 Å². The van der Waals surface area contributed by atoms with E-state index in [-0.39, 0.29) is 0 Å². The van der Waals surface area contributed by atoms with Gasteiger partial charge in [0.1, 0.15) is 6.33 Å². The SMILES string of the molecule is COc1cc2ncnc(-c3ccc(NS(=O)O)cc3)c2cc1OC. The molecule has 3 aromatic rings. The van der Waals surface area contributed by atoms with E-state index in [9.17, 15) is 4.21 Å². The highest BCUT2D eigenvalue weighted by molar-refractivity contribution is 7.80. The third-order valence-corrected chi connectivity index (χ3v) is 3.91. The monoisotopic (exact) mass is 345 g/mol. The minimum absolute atomic E-state index is 0.539. The lowest BCUT2D eigenvalue weighted by Gasteiger charge is -2.11. The number of aromatic nitrogens is 2. The third kappa shape index (κ3) is 3.15. The van der Waals surface area contributed by atoms with E-state index in [1.54, 1.807) is 32.4 Å². The molecule has 1 unspecified atom stereocenters. The fourth-order valence-electron chi connectivity index (χ4n) is 2.41. The summed E-state index contributed by atoms with van der Waals surface area (Å²) >= 11 is -2.10. The van der Waals surface area contributed by atoms with Crippen LogP contribution in [0.5, 0.6) is 11.5 Å². The van der Waals surface area contributed by atoms with Crippen LogP contribution in [0.4, 0.5) is 5.69 Å². The molecule has 0 spiro atoms. The van der Waals surface area contributed by atoms with Gasteiger partial charge >= 0.3 is 0 Å². The highest BCUT2D eigenvalue weighted by Crippen LogP contribution is 2.35. The summed E-state index contributed by atoms with van der Waals surface area (Å²) in [6.07, 6.45) is 1.48. The summed E-state index contributed by atoms with van der Waals surface area (Å²) in [5, 5.41) is 0.821. The number of hydrogen-bond acceptors (Lipinski definition) is 5. The zero-order valence-corrected chi connectivity index (χ0v) is 13.8. The first-order valence-electron chi connectivity index (χ1n) is 6.97. The standard InChI is InChI=1S/C16H15N3O4S/c1-22-14-7-12-13(8-15(14)23-2)17-9-18-16(12)10-3-5-11(6-4-10)19-24(20)21/h3-9,19H,1-2H3,(H,20,21). The molecule has 0 aliphatic heterocycles. The van der Waals surface area contributed by atoms with Gasteiger partial charge in [0.15, 0.2) is 11.5 Å². The number of rotatable bonds is 5. The summed E-state index contributed by atoms with van der Waals surface area (Å²) in [4.78, 5) is 8.64. The van der Waals surface area contributed by atoms with Gasteiger partial charge in [0, 0.05) is 22.7 Å². The number of ether oxygens (including phenoxy) is 2. The number of hydrogen-bond donors (Lipinski definition) is 2. The number of fused-ring (bicyclic) bond motifs is 1. The van der Waals surface area contributed by atoms with Crippen molar-refractivity contribution in [1.82, 2.24) is 9.97 Å². The van der Waals surface area contributed by atoms with Crippen LogP contribution in [0.3, 0.4) is 0 Å². The van der Waals surface area contributed by atoms with Crippen molar-refractivity contribution in [1.29, 1.82) is 0 Å². The summed E-state index contributed by atoms with van der Waals surface area (Å²) in [6.45, 7) is 0. The summed E-state index contributed by atoms with van der Waals surface area (Å²) < 4.78 is 32.7. The maximum Gasteiger partial charge on any atom is 0.259 e. The predicted octanol–water partition coefficient (Wildman–Crippen LogP) is 2.86. The Morgan fingerprint density at radius 2 is 1.71 bits per heavy atom. The van der Waals surface area contributed by atoms with Crippen LogP contribution in [0, 0.1) is 0 Å². The van der Waals surface area contributed by atoms with Crippen LogP contribution in [-0.4, -0.2) is 32.9 Å². The first-order valence-corrected chi connectivity index (χ1v) is 8.07. The summed E-state index contributed by atoms with van der Waals surface area (Å²) in [6, 6.07) is 10.7. The van der Waals surface area contributed by atoms with Crippen molar-refractivity contribution in [3.8, 4) is 22.8 Å². The minimum atomic E-state index is -2.10. The molecule has 0 fully saturated rings. The molecule has 7 nitrogen and oxygen atoms in total. The number of anilines is 1. The Balaban J connectivity index is 2.10. The molecule has 0 amide bonds. The van der Waals surface area contributed by atoms with Crippen molar-refractivity contribution in [3.63, 3.8) is 0 Å². The normalized spacial score (nSPS) is 12.0. The van der Waals surface area contributed by atoms with Gasteiger partial charge in [-0.1, -0.05) is 12.1 Å². The van der Waals surface area contributed by atoms with Crippen molar-refractivity contribution >= 4 is 27.9 Å². The van der Waals surface area contributed by atoms with Crippen LogP contribution >= 0.6 is 0 Å². The molecular formula is C16H15N3O4S. The number of nitrogens with zero attached hydrogens (tertiary/aromatic N) is 2. The van der Waals surface area contributed by atoms with E-state index in [0.29, 0.717) is 17.2 Å². The highest BCUT2D eigenvalue weighted by atomic mass is 32.2. The van der Waals surface area contributed by atoms with Gasteiger partial charge in [-0.05, 0) is 18.2 Å². The molecule has 1 heterocycles. The van der Waals surface area contributed by atoms with E-state index in [1.165, 1.54) is 6.33 Å². The topological polar surface area (TPSA) is 93.6 Å². The van der Waals surface area contributed by atoms with Crippen LogP contribution in [0.25, 0.3) is 22.2 Å². The molecule has 24 heavy (non-hydrogen) atoms. The smallest absolute Gasteiger partial charge is 0.259 e. The zero-order chi connectivity index (χ0) is 17.1. The van der Waals surface area contributed by atoms with E-state index in [1.807, 2.05) is 18.2 Å². The molecule has 2 N–H and O–H groups in total. The lowest BCUT2D eigenvalue weighted by atomic mass is 10.1. The van der Waals surface area contributed by atoms with Gasteiger partial charge in [-0.15, -0.1) is 0 Å². The molecule has 0 radical (unpaired) electrons. The molecule has 0 aliphatic carbocycles. The molecule has 0 saturated carbocycles. The number of benzene rings is 2. The van der Waals surface area contributed by atoms with Crippen molar-refractivity contribution in [2.45, 2.75) is 0 Å². The summed E-state index contributed by atoms with van der Waals surface area (Å²) in [5.74, 6) is 1.19. The van der Waals surface area contributed by atoms with E-state index < -0.39 is 11.3 Å². The molecule has 1 atom stereocenters. The highest BCUT2D eigenvalue weighted by Gasteiger charge is 2.12. The van der Waals surface area contributed by atoms with Gasteiger partial charge < -0.3 is 9.47 Å².